The summed E-state index contributed by atoms with van der Waals surface area (Å²) in [4.78, 5) is 0. The molecule has 5 heteroatoms. The smallest absolute Gasteiger partial charge is 0.174 e. The van der Waals surface area contributed by atoms with Crippen LogP contribution >= 0.6 is 0 Å². The third-order valence-corrected chi connectivity index (χ3v) is 22.0. The van der Waals surface area contributed by atoms with E-state index in [1.165, 1.54) is 6.04 Å². The Morgan fingerprint density at radius 3 is 1.80 bits per heavy atom. The van der Waals surface area contributed by atoms with Crippen molar-refractivity contribution in [3.8, 4) is 12.1 Å². The van der Waals surface area contributed by atoms with Crippen LogP contribution in [0, 0.1) is 34.5 Å². The maximum absolute atomic E-state index is 9.57. The number of hydrogen-bond donors (Lipinski definition) is 0. The molecule has 0 radical (unpaired) electrons. The second kappa shape index (κ2) is 6.01. The van der Waals surface area contributed by atoms with Gasteiger partial charge in [-0.15, -0.1) is 0 Å². The van der Waals surface area contributed by atoms with E-state index in [1.807, 2.05) is 13.8 Å². The summed E-state index contributed by atoms with van der Waals surface area (Å²) in [5.74, 6) is -0.326. The van der Waals surface area contributed by atoms with Crippen molar-refractivity contribution in [2.75, 3.05) is 0 Å². The molecule has 0 aromatic rings. The molecule has 0 aliphatic carbocycles. The Morgan fingerprint density at radius 2 is 1.50 bits per heavy atom. The minimum Gasteiger partial charge on any atom is -0.412 e. The van der Waals surface area contributed by atoms with Crippen LogP contribution in [0.15, 0.2) is 0 Å². The van der Waals surface area contributed by atoms with Gasteiger partial charge in [0.25, 0.3) is 0 Å². The standard InChI is InChI=1S/C15H28N2OSi2/c1-7-13(11-16)15(14(8-2)12-17)9-10-19(3,4)20(5,6)18-15/h13-14H,7-10H2,1-6H3. The van der Waals surface area contributed by atoms with Crippen LogP contribution in [0.5, 0.6) is 0 Å². The van der Waals surface area contributed by atoms with Crippen molar-refractivity contribution in [3.05, 3.63) is 0 Å². The first-order chi connectivity index (χ1) is 9.20. The lowest BCUT2D eigenvalue weighted by Gasteiger charge is -2.55. The molecule has 0 amide bonds. The molecule has 1 heterocycles. The molecule has 1 aliphatic rings. The fourth-order valence-corrected chi connectivity index (χ4v) is 10.1. The van der Waals surface area contributed by atoms with Gasteiger partial charge in [-0.2, -0.15) is 10.5 Å². The summed E-state index contributed by atoms with van der Waals surface area (Å²) in [6.07, 6.45) is 2.42. The van der Waals surface area contributed by atoms with Crippen LogP contribution in [-0.4, -0.2) is 21.0 Å². The summed E-state index contributed by atoms with van der Waals surface area (Å²) < 4.78 is 6.72. The zero-order valence-electron chi connectivity index (χ0n) is 13.8. The van der Waals surface area contributed by atoms with Crippen molar-refractivity contribution in [3.63, 3.8) is 0 Å². The molecular weight excluding hydrogens is 280 g/mol. The Morgan fingerprint density at radius 1 is 1.05 bits per heavy atom. The Labute approximate surface area is 125 Å². The molecule has 1 fully saturated rings. The Balaban J connectivity index is 3.29. The Kier molecular flexibility index (Phi) is 5.24. The lowest BCUT2D eigenvalue weighted by atomic mass is 9.74. The molecule has 0 saturated carbocycles. The van der Waals surface area contributed by atoms with E-state index in [0.717, 1.165) is 19.3 Å². The predicted molar refractivity (Wildman–Crippen MR) is 87.0 cm³/mol. The molecule has 0 aromatic carbocycles. The average molecular weight is 309 g/mol. The van der Waals surface area contributed by atoms with Crippen LogP contribution in [-0.2, 0) is 4.43 Å². The zero-order chi connectivity index (χ0) is 15.6. The van der Waals surface area contributed by atoms with Crippen LogP contribution in [0.2, 0.25) is 32.2 Å². The van der Waals surface area contributed by atoms with Crippen molar-refractivity contribution in [2.45, 2.75) is 70.9 Å². The maximum atomic E-state index is 9.57. The molecule has 0 spiro atoms. The topological polar surface area (TPSA) is 56.8 Å². The molecule has 1 rings (SSSR count). The fourth-order valence-electron chi connectivity index (χ4n) is 3.30. The largest absolute Gasteiger partial charge is 0.412 e. The van der Waals surface area contributed by atoms with Gasteiger partial charge < -0.3 is 4.43 Å². The van der Waals surface area contributed by atoms with E-state index in [1.54, 1.807) is 0 Å². The number of nitriles is 2. The summed E-state index contributed by atoms with van der Waals surface area (Å²) in [5.41, 5.74) is -0.523. The molecule has 0 bridgehead atoms. The zero-order valence-corrected chi connectivity index (χ0v) is 15.8. The Hall–Kier alpha value is -0.626. The van der Waals surface area contributed by atoms with Crippen LogP contribution in [0.3, 0.4) is 0 Å². The molecule has 0 aromatic heterocycles. The summed E-state index contributed by atoms with van der Waals surface area (Å²) in [6.45, 7) is 13.5. The first kappa shape index (κ1) is 17.4. The minimum atomic E-state index is -1.81. The fraction of sp³-hybridized carbons (Fsp3) is 0.867. The molecule has 2 atom stereocenters. The lowest BCUT2D eigenvalue weighted by molar-refractivity contribution is -0.0238. The molecule has 2 unspecified atom stereocenters. The monoisotopic (exact) mass is 308 g/mol. The first-order valence-corrected chi connectivity index (χ1v) is 14.8. The third-order valence-electron chi connectivity index (χ3n) is 5.52. The van der Waals surface area contributed by atoms with Gasteiger partial charge in [-0.3, -0.25) is 0 Å². The van der Waals surface area contributed by atoms with E-state index < -0.39 is 21.0 Å². The number of nitrogens with zero attached hydrogens (tertiary/aromatic N) is 2. The van der Waals surface area contributed by atoms with Gasteiger partial charge in [0.1, 0.15) is 0 Å². The highest BCUT2D eigenvalue weighted by molar-refractivity contribution is 7.38. The van der Waals surface area contributed by atoms with Crippen molar-refractivity contribution < 1.29 is 4.43 Å². The summed E-state index contributed by atoms with van der Waals surface area (Å²) >= 11 is 0. The molecule has 0 N–H and O–H groups in total. The normalized spacial score (nSPS) is 30.8. The van der Waals surface area contributed by atoms with Gasteiger partial charge in [0, 0.05) is 0 Å². The van der Waals surface area contributed by atoms with E-state index in [2.05, 4.69) is 38.3 Å². The van der Waals surface area contributed by atoms with Crippen molar-refractivity contribution in [2.24, 2.45) is 11.8 Å². The number of hydrogen-bond acceptors (Lipinski definition) is 3. The third kappa shape index (κ3) is 2.72. The van der Waals surface area contributed by atoms with Gasteiger partial charge in [-0.25, -0.2) is 0 Å². The minimum absolute atomic E-state index is 0.163. The van der Waals surface area contributed by atoms with Gasteiger partial charge in [0.15, 0.2) is 7.83 Å². The van der Waals surface area contributed by atoms with Gasteiger partial charge in [0.2, 0.25) is 0 Å². The molecule has 3 nitrogen and oxygen atoms in total. The first-order valence-electron chi connectivity index (χ1n) is 7.70. The highest BCUT2D eigenvalue weighted by Crippen LogP contribution is 2.48. The molecule has 20 heavy (non-hydrogen) atoms. The van der Waals surface area contributed by atoms with Crippen LogP contribution in [0.25, 0.3) is 0 Å². The number of rotatable bonds is 4. The van der Waals surface area contributed by atoms with Gasteiger partial charge >= 0.3 is 0 Å². The SMILES string of the molecule is CCC(C#N)C1(C(C#N)CC)CC[Si](C)(C)[Si](C)(C)O1. The maximum Gasteiger partial charge on any atom is 0.174 e. The second-order valence-electron chi connectivity index (χ2n) is 7.13. The van der Waals surface area contributed by atoms with Gasteiger partial charge in [-0.05, 0) is 32.4 Å². The summed E-state index contributed by atoms with van der Waals surface area (Å²) in [6, 6.07) is 6.06. The molecule has 1 aliphatic heterocycles. The molecule has 1 saturated heterocycles. The van der Waals surface area contributed by atoms with Crippen molar-refractivity contribution in [1.82, 2.24) is 0 Å². The van der Waals surface area contributed by atoms with Crippen molar-refractivity contribution >= 4 is 15.4 Å². The highest BCUT2D eigenvalue weighted by atomic mass is 29.3. The molecule has 112 valence electrons. The van der Waals surface area contributed by atoms with Crippen LogP contribution < -0.4 is 0 Å². The van der Waals surface area contributed by atoms with E-state index in [4.69, 9.17) is 4.43 Å². The average Bonchev–Trinajstić information content (AvgIpc) is 2.37. The highest BCUT2D eigenvalue weighted by Gasteiger charge is 2.58. The van der Waals surface area contributed by atoms with Gasteiger partial charge in [0.05, 0.1) is 37.2 Å². The van der Waals surface area contributed by atoms with Crippen molar-refractivity contribution in [1.29, 1.82) is 10.5 Å². The van der Waals surface area contributed by atoms with E-state index in [0.29, 0.717) is 0 Å². The second-order valence-corrected chi connectivity index (χ2v) is 22.3. The van der Waals surface area contributed by atoms with E-state index in [9.17, 15) is 10.5 Å². The summed E-state index contributed by atoms with van der Waals surface area (Å²) in [7, 11) is -3.16. The summed E-state index contributed by atoms with van der Waals surface area (Å²) in [5, 5.41) is 19.1. The quantitative estimate of drug-likeness (QED) is 0.730. The lowest BCUT2D eigenvalue weighted by Crippen LogP contribution is -2.68. The van der Waals surface area contributed by atoms with E-state index in [-0.39, 0.29) is 11.8 Å². The predicted octanol–water partition coefficient (Wildman–Crippen LogP) is 4.24. The molecular formula is C15H28N2OSi2. The van der Waals surface area contributed by atoms with Gasteiger partial charge in [-0.1, -0.05) is 33.0 Å². The van der Waals surface area contributed by atoms with Crippen LogP contribution in [0.4, 0.5) is 0 Å². The Bertz CT molecular complexity index is 412. The van der Waals surface area contributed by atoms with E-state index >= 15 is 0 Å². The van der Waals surface area contributed by atoms with Crippen LogP contribution in [0.1, 0.15) is 33.1 Å².